The molecule has 1 aliphatic rings. The molecule has 1 aromatic carbocycles. The molecule has 0 radical (unpaired) electrons. The normalized spacial score (nSPS) is 22.3. The Morgan fingerprint density at radius 1 is 1.39 bits per heavy atom. The number of esters is 1. The van der Waals surface area contributed by atoms with E-state index in [1.807, 2.05) is 37.3 Å². The van der Waals surface area contributed by atoms with E-state index in [1.165, 1.54) is 0 Å². The molecule has 0 amide bonds. The molecule has 0 aromatic heterocycles. The highest BCUT2D eigenvalue weighted by Gasteiger charge is 2.42. The smallest absolute Gasteiger partial charge is 0.313 e. The Morgan fingerprint density at radius 3 is 2.87 bits per heavy atom. The molecule has 2 rings (SSSR count). The fraction of sp³-hybridized carbons (Fsp3) is 0.526. The summed E-state index contributed by atoms with van der Waals surface area (Å²) in [4.78, 5) is 14.7. The van der Waals surface area contributed by atoms with Gasteiger partial charge in [0.1, 0.15) is 0 Å². The number of ether oxygens (including phenoxy) is 1. The van der Waals surface area contributed by atoms with Crippen LogP contribution in [0.15, 0.2) is 36.4 Å². The third-order valence-electron chi connectivity index (χ3n) is 4.40. The fourth-order valence-electron chi connectivity index (χ4n) is 3.24. The van der Waals surface area contributed by atoms with E-state index >= 15 is 0 Å². The van der Waals surface area contributed by atoms with Crippen molar-refractivity contribution in [2.24, 2.45) is 5.41 Å². The summed E-state index contributed by atoms with van der Waals surface area (Å²) < 4.78 is 5.35. The molecule has 1 atom stereocenters. The zero-order chi connectivity index (χ0) is 16.5. The monoisotopic (exact) mass is 317 g/mol. The summed E-state index contributed by atoms with van der Waals surface area (Å²) in [5, 5.41) is 9.18. The van der Waals surface area contributed by atoms with E-state index in [2.05, 4.69) is 17.1 Å². The number of aliphatic hydroxyl groups is 1. The molecule has 0 bridgehead atoms. The largest absolute Gasteiger partial charge is 0.466 e. The van der Waals surface area contributed by atoms with Crippen LogP contribution in [-0.2, 0) is 9.53 Å². The second kappa shape index (κ2) is 8.85. The van der Waals surface area contributed by atoms with Crippen molar-refractivity contribution in [3.8, 4) is 0 Å². The first kappa shape index (κ1) is 17.7. The van der Waals surface area contributed by atoms with Gasteiger partial charge in [-0.25, -0.2) is 0 Å². The van der Waals surface area contributed by atoms with Gasteiger partial charge in [0.2, 0.25) is 0 Å². The maximum atomic E-state index is 12.6. The van der Waals surface area contributed by atoms with Gasteiger partial charge in [-0.2, -0.15) is 0 Å². The lowest BCUT2D eigenvalue weighted by Crippen LogP contribution is -2.49. The van der Waals surface area contributed by atoms with Crippen molar-refractivity contribution < 1.29 is 14.6 Å². The molecule has 1 aromatic rings. The van der Waals surface area contributed by atoms with E-state index in [9.17, 15) is 9.90 Å². The second-order valence-corrected chi connectivity index (χ2v) is 6.12. The number of benzene rings is 1. The third-order valence-corrected chi connectivity index (χ3v) is 4.40. The van der Waals surface area contributed by atoms with Gasteiger partial charge in [0.15, 0.2) is 0 Å². The molecule has 1 aliphatic heterocycles. The van der Waals surface area contributed by atoms with Crippen molar-refractivity contribution in [3.63, 3.8) is 0 Å². The summed E-state index contributed by atoms with van der Waals surface area (Å²) in [7, 11) is 0. The Balaban J connectivity index is 2.10. The SMILES string of the molecule is CCOC(=O)[C@@]1(C/C=C/c2ccccc2)CCCN(CCO)C1. The standard InChI is InChI=1S/C19H27NO3/c1-2-23-18(22)19(12-7-13-20(16-19)14-15-21)11-6-10-17-8-4-3-5-9-17/h3-6,8-10,21H,2,7,11-16H2,1H3/b10-6+/t19-/m0/s1. The number of carbonyl (C=O) groups excluding carboxylic acids is 1. The maximum Gasteiger partial charge on any atom is 0.313 e. The molecule has 0 unspecified atom stereocenters. The van der Waals surface area contributed by atoms with Gasteiger partial charge in [-0.05, 0) is 38.3 Å². The van der Waals surface area contributed by atoms with Gasteiger partial charge in [0, 0.05) is 13.1 Å². The molecule has 1 fully saturated rings. The van der Waals surface area contributed by atoms with Crippen LogP contribution in [0.5, 0.6) is 0 Å². The molecule has 0 aliphatic carbocycles. The average molecular weight is 317 g/mol. The Labute approximate surface area is 138 Å². The number of carbonyl (C=O) groups is 1. The van der Waals surface area contributed by atoms with Crippen LogP contribution in [-0.4, -0.2) is 48.8 Å². The van der Waals surface area contributed by atoms with Crippen molar-refractivity contribution in [2.75, 3.05) is 32.8 Å². The van der Waals surface area contributed by atoms with Crippen LogP contribution in [0.1, 0.15) is 31.7 Å². The van der Waals surface area contributed by atoms with Crippen LogP contribution in [0, 0.1) is 5.41 Å². The van der Waals surface area contributed by atoms with E-state index in [0.717, 1.165) is 24.9 Å². The average Bonchev–Trinajstić information content (AvgIpc) is 2.57. The number of hydrogen-bond donors (Lipinski definition) is 1. The van der Waals surface area contributed by atoms with Crippen molar-refractivity contribution in [3.05, 3.63) is 42.0 Å². The first-order valence-corrected chi connectivity index (χ1v) is 8.42. The summed E-state index contributed by atoms with van der Waals surface area (Å²) in [5.74, 6) is -0.111. The van der Waals surface area contributed by atoms with Crippen LogP contribution < -0.4 is 0 Å². The molecule has 1 N–H and O–H groups in total. The molecule has 0 saturated carbocycles. The van der Waals surface area contributed by atoms with Gasteiger partial charge in [0.25, 0.3) is 0 Å². The summed E-state index contributed by atoms with van der Waals surface area (Å²) in [5.41, 5.74) is 0.642. The number of nitrogens with zero attached hydrogens (tertiary/aromatic N) is 1. The van der Waals surface area contributed by atoms with Crippen molar-refractivity contribution in [1.29, 1.82) is 0 Å². The predicted molar refractivity (Wildman–Crippen MR) is 91.9 cm³/mol. The Bertz CT molecular complexity index is 513. The molecule has 1 heterocycles. The summed E-state index contributed by atoms with van der Waals surface area (Å²) in [6, 6.07) is 10.1. The molecule has 1 saturated heterocycles. The summed E-state index contributed by atoms with van der Waals surface area (Å²) in [6.45, 7) is 4.58. The zero-order valence-corrected chi connectivity index (χ0v) is 13.9. The predicted octanol–water partition coefficient (Wildman–Crippen LogP) is 2.73. The van der Waals surface area contributed by atoms with Crippen LogP contribution in [0.2, 0.25) is 0 Å². The van der Waals surface area contributed by atoms with E-state index in [1.54, 1.807) is 0 Å². The molecular weight excluding hydrogens is 290 g/mol. The molecular formula is C19H27NO3. The molecule has 4 heteroatoms. The second-order valence-electron chi connectivity index (χ2n) is 6.12. The lowest BCUT2D eigenvalue weighted by Gasteiger charge is -2.40. The maximum absolute atomic E-state index is 12.6. The zero-order valence-electron chi connectivity index (χ0n) is 13.9. The van der Waals surface area contributed by atoms with E-state index in [0.29, 0.717) is 26.1 Å². The Hall–Kier alpha value is -1.65. The molecule has 0 spiro atoms. The Morgan fingerprint density at radius 2 is 2.17 bits per heavy atom. The highest BCUT2D eigenvalue weighted by molar-refractivity contribution is 5.77. The van der Waals surface area contributed by atoms with Crippen LogP contribution in [0.25, 0.3) is 6.08 Å². The number of β-amino-alcohol motifs (C(OH)–C–C–N with tert-alkyl or cyclic N) is 1. The summed E-state index contributed by atoms with van der Waals surface area (Å²) >= 11 is 0. The number of likely N-dealkylation sites (tertiary alicyclic amines) is 1. The molecule has 23 heavy (non-hydrogen) atoms. The minimum absolute atomic E-state index is 0.111. The van der Waals surface area contributed by atoms with Crippen molar-refractivity contribution >= 4 is 12.0 Å². The number of hydrogen-bond acceptors (Lipinski definition) is 4. The van der Waals surface area contributed by atoms with Gasteiger partial charge in [-0.15, -0.1) is 0 Å². The van der Waals surface area contributed by atoms with Crippen LogP contribution in [0.4, 0.5) is 0 Å². The first-order chi connectivity index (χ1) is 11.2. The highest BCUT2D eigenvalue weighted by Crippen LogP contribution is 2.35. The lowest BCUT2D eigenvalue weighted by molar-refractivity contribution is -0.159. The van der Waals surface area contributed by atoms with E-state index < -0.39 is 5.41 Å². The number of allylic oxidation sites excluding steroid dienone is 1. The number of rotatable bonds is 7. The van der Waals surface area contributed by atoms with Crippen LogP contribution >= 0.6 is 0 Å². The minimum atomic E-state index is -0.491. The topological polar surface area (TPSA) is 49.8 Å². The van der Waals surface area contributed by atoms with E-state index in [4.69, 9.17) is 4.74 Å². The van der Waals surface area contributed by atoms with Gasteiger partial charge in [-0.3, -0.25) is 9.69 Å². The minimum Gasteiger partial charge on any atom is -0.466 e. The fourth-order valence-corrected chi connectivity index (χ4v) is 3.24. The van der Waals surface area contributed by atoms with Crippen molar-refractivity contribution in [1.82, 2.24) is 4.90 Å². The van der Waals surface area contributed by atoms with Crippen LogP contribution in [0.3, 0.4) is 0 Å². The quantitative estimate of drug-likeness (QED) is 0.786. The van der Waals surface area contributed by atoms with Gasteiger partial charge < -0.3 is 9.84 Å². The van der Waals surface area contributed by atoms with E-state index in [-0.39, 0.29) is 12.6 Å². The Kier molecular flexibility index (Phi) is 6.81. The third kappa shape index (κ3) is 4.91. The molecule has 4 nitrogen and oxygen atoms in total. The van der Waals surface area contributed by atoms with Gasteiger partial charge >= 0.3 is 5.97 Å². The van der Waals surface area contributed by atoms with Gasteiger partial charge in [-0.1, -0.05) is 42.5 Å². The molecule has 126 valence electrons. The number of piperidine rings is 1. The number of aliphatic hydroxyl groups excluding tert-OH is 1. The summed E-state index contributed by atoms with van der Waals surface area (Å²) in [6.07, 6.45) is 6.61. The lowest BCUT2D eigenvalue weighted by atomic mass is 9.76. The highest BCUT2D eigenvalue weighted by atomic mass is 16.5. The van der Waals surface area contributed by atoms with Crippen molar-refractivity contribution in [2.45, 2.75) is 26.2 Å². The van der Waals surface area contributed by atoms with Gasteiger partial charge in [0.05, 0.1) is 18.6 Å². The first-order valence-electron chi connectivity index (χ1n) is 8.42.